The minimum Gasteiger partial charge on any atom is -0.359 e. The summed E-state index contributed by atoms with van der Waals surface area (Å²) in [5.74, 6) is 0.934. The number of likely N-dealkylation sites (N-methyl/N-ethyl adjacent to an activating group) is 1. The van der Waals surface area contributed by atoms with Crippen molar-refractivity contribution in [1.82, 2.24) is 15.5 Å². The zero-order valence-corrected chi connectivity index (χ0v) is 25.9. The minimum atomic E-state index is -0.370. The van der Waals surface area contributed by atoms with Crippen molar-refractivity contribution in [3.05, 3.63) is 29.3 Å². The van der Waals surface area contributed by atoms with E-state index in [-0.39, 0.29) is 11.9 Å². The maximum Gasteiger partial charge on any atom is 0.219 e. The van der Waals surface area contributed by atoms with Crippen molar-refractivity contribution in [2.75, 3.05) is 26.4 Å². The maximum absolute atomic E-state index is 11.8. The number of aldehydes is 2. The van der Waals surface area contributed by atoms with Crippen molar-refractivity contribution < 1.29 is 14.4 Å². The van der Waals surface area contributed by atoms with Crippen molar-refractivity contribution in [2.24, 2.45) is 16.2 Å². The number of hydrogen-bond donors (Lipinski definition) is 2. The lowest BCUT2D eigenvalue weighted by atomic mass is 9.30. The van der Waals surface area contributed by atoms with Gasteiger partial charge in [-0.15, -0.1) is 11.8 Å². The number of rotatable bonds is 17. The van der Waals surface area contributed by atoms with Crippen LogP contribution >= 0.6 is 11.8 Å². The lowest BCUT2D eigenvalue weighted by Gasteiger charge is -2.76. The van der Waals surface area contributed by atoms with E-state index in [2.05, 4.69) is 44.4 Å². The Morgan fingerprint density at radius 3 is 2.51 bits per heavy atom. The quantitative estimate of drug-likeness (QED) is 0.142. The molecule has 2 saturated carbocycles. The summed E-state index contributed by atoms with van der Waals surface area (Å²) in [5, 5.41) is 6.49. The van der Waals surface area contributed by atoms with Crippen LogP contribution in [0.1, 0.15) is 101 Å². The fourth-order valence-electron chi connectivity index (χ4n) is 7.14. The largest absolute Gasteiger partial charge is 0.359 e. The van der Waals surface area contributed by atoms with Gasteiger partial charge >= 0.3 is 0 Å². The molecule has 0 bridgehead atoms. The molecule has 1 amide bonds. The van der Waals surface area contributed by atoms with E-state index in [1.54, 1.807) is 18.8 Å². The lowest BCUT2D eigenvalue weighted by Crippen LogP contribution is -2.75. The summed E-state index contributed by atoms with van der Waals surface area (Å²) in [6.07, 6.45) is 11.5. The van der Waals surface area contributed by atoms with Crippen LogP contribution in [0.3, 0.4) is 0 Å². The molecular formula is C32H51N3O3S. The maximum atomic E-state index is 11.8. The first-order valence-electron chi connectivity index (χ1n) is 14.8. The van der Waals surface area contributed by atoms with Gasteiger partial charge in [0.25, 0.3) is 0 Å². The molecule has 0 aliphatic heterocycles. The Kier molecular flexibility index (Phi) is 11.2. The second-order valence-electron chi connectivity index (χ2n) is 13.0. The average Bonchev–Trinajstić information content (AvgIpc) is 2.90. The molecule has 7 heteroatoms. The predicted octanol–water partition coefficient (Wildman–Crippen LogP) is 5.87. The molecule has 39 heavy (non-hydrogen) atoms. The van der Waals surface area contributed by atoms with Crippen LogP contribution in [0, 0.1) is 16.2 Å². The van der Waals surface area contributed by atoms with Crippen molar-refractivity contribution >= 4 is 30.2 Å². The van der Waals surface area contributed by atoms with Crippen molar-refractivity contribution in [3.8, 4) is 0 Å². The zero-order valence-electron chi connectivity index (χ0n) is 25.1. The normalized spacial score (nSPS) is 24.8. The summed E-state index contributed by atoms with van der Waals surface area (Å²) >= 11 is 1.80. The van der Waals surface area contributed by atoms with E-state index in [1.165, 1.54) is 38.5 Å². The molecule has 0 radical (unpaired) electrons. The number of carbonyl (C=O) groups is 3. The van der Waals surface area contributed by atoms with E-state index < -0.39 is 0 Å². The highest BCUT2D eigenvalue weighted by Gasteiger charge is 2.71. The Balaban J connectivity index is 1.39. The second kappa shape index (κ2) is 13.8. The van der Waals surface area contributed by atoms with Crippen LogP contribution in [0.2, 0.25) is 0 Å². The third-order valence-electron chi connectivity index (χ3n) is 10.0. The van der Waals surface area contributed by atoms with Crippen molar-refractivity contribution in [3.63, 3.8) is 0 Å². The summed E-state index contributed by atoms with van der Waals surface area (Å²) < 4.78 is 0. The predicted molar refractivity (Wildman–Crippen MR) is 161 cm³/mol. The number of hydrogen-bond acceptors (Lipinski definition) is 6. The molecule has 6 nitrogen and oxygen atoms in total. The van der Waals surface area contributed by atoms with E-state index in [0.29, 0.717) is 47.2 Å². The van der Waals surface area contributed by atoms with Gasteiger partial charge in [0.05, 0.1) is 6.04 Å². The molecule has 0 heterocycles. The molecular weight excluding hydrogens is 506 g/mol. The number of amides is 1. The molecule has 1 aromatic carbocycles. The number of thioether (sulfide) groups is 1. The van der Waals surface area contributed by atoms with Crippen molar-refractivity contribution in [1.29, 1.82) is 0 Å². The first kappa shape index (κ1) is 31.8. The van der Waals surface area contributed by atoms with E-state index in [4.69, 9.17) is 0 Å². The average molecular weight is 558 g/mol. The van der Waals surface area contributed by atoms with E-state index in [1.807, 2.05) is 24.1 Å². The molecule has 2 N–H and O–H groups in total. The molecule has 1 aromatic rings. The van der Waals surface area contributed by atoms with Gasteiger partial charge in [-0.25, -0.2) is 0 Å². The molecule has 4 atom stereocenters. The van der Waals surface area contributed by atoms with Crippen LogP contribution in [-0.4, -0.2) is 61.9 Å². The SMILES string of the molecule is CNC(=O)CCC(C=O)N(C)Cc1c(C=O)cccc1SCCCCCCNC1CC2(C(C)(C)C)CCC12C. The molecule has 2 aliphatic carbocycles. The van der Waals surface area contributed by atoms with Crippen LogP contribution in [0.15, 0.2) is 23.1 Å². The highest BCUT2D eigenvalue weighted by molar-refractivity contribution is 7.99. The smallest absolute Gasteiger partial charge is 0.219 e. The number of unbranched alkanes of at least 4 members (excludes halogenated alkanes) is 3. The van der Waals surface area contributed by atoms with Crippen LogP contribution in [0.5, 0.6) is 0 Å². The Labute approximate surface area is 240 Å². The van der Waals surface area contributed by atoms with Gasteiger partial charge in [0.1, 0.15) is 12.6 Å². The summed E-state index contributed by atoms with van der Waals surface area (Å²) in [6.45, 7) is 11.4. The van der Waals surface area contributed by atoms with E-state index in [9.17, 15) is 14.4 Å². The molecule has 0 aromatic heterocycles. The number of carbonyl (C=O) groups excluding carboxylic acids is 3. The Morgan fingerprint density at radius 2 is 1.92 bits per heavy atom. The van der Waals surface area contributed by atoms with E-state index in [0.717, 1.165) is 41.7 Å². The highest BCUT2D eigenvalue weighted by Crippen LogP contribution is 2.76. The monoisotopic (exact) mass is 557 g/mol. The summed E-state index contributed by atoms with van der Waals surface area (Å²) in [4.78, 5) is 38.1. The molecule has 2 aliphatic rings. The van der Waals surface area contributed by atoms with Crippen LogP contribution in [0.25, 0.3) is 0 Å². The summed E-state index contributed by atoms with van der Waals surface area (Å²) in [6, 6.07) is 6.16. The standard InChI is InChI=1S/C32H51N3O3S/c1-30(2,3)32-17-16-31(32,4)28(20-32)34-18-9-7-8-10-19-39-27-13-11-12-24(22-36)26(27)21-35(6)25(23-37)14-15-29(38)33-5/h11-13,22-23,25,28,34H,7-10,14-21H2,1-6H3,(H,33,38). The number of benzene rings is 1. The Hall–Kier alpha value is -1.70. The highest BCUT2D eigenvalue weighted by atomic mass is 32.2. The number of nitrogens with zero attached hydrogens (tertiary/aromatic N) is 1. The van der Waals surface area contributed by atoms with Gasteiger partial charge in [0, 0.05) is 36.5 Å². The first-order chi connectivity index (χ1) is 18.5. The number of fused-ring (bicyclic) bond motifs is 1. The Bertz CT molecular complexity index is 993. The Morgan fingerprint density at radius 1 is 1.18 bits per heavy atom. The van der Waals surface area contributed by atoms with Gasteiger partial charge in [-0.3, -0.25) is 14.5 Å². The molecule has 218 valence electrons. The van der Waals surface area contributed by atoms with Crippen LogP contribution in [0.4, 0.5) is 0 Å². The molecule has 4 unspecified atom stereocenters. The molecule has 0 spiro atoms. The minimum absolute atomic E-state index is 0.0752. The molecule has 3 rings (SSSR count). The van der Waals surface area contributed by atoms with Gasteiger partial charge in [-0.2, -0.15) is 0 Å². The summed E-state index contributed by atoms with van der Waals surface area (Å²) in [5.41, 5.74) is 3.07. The van der Waals surface area contributed by atoms with Gasteiger partial charge in [0.2, 0.25) is 5.91 Å². The molecule has 2 fully saturated rings. The second-order valence-corrected chi connectivity index (χ2v) is 14.1. The van der Waals surface area contributed by atoms with E-state index >= 15 is 0 Å². The topological polar surface area (TPSA) is 78.5 Å². The lowest BCUT2D eigenvalue weighted by molar-refractivity contribution is -0.251. The van der Waals surface area contributed by atoms with Crippen LogP contribution in [-0.2, 0) is 16.1 Å². The van der Waals surface area contributed by atoms with Crippen LogP contribution < -0.4 is 10.6 Å². The van der Waals surface area contributed by atoms with Crippen molar-refractivity contribution in [2.45, 2.75) is 109 Å². The zero-order chi connectivity index (χ0) is 28.7. The van der Waals surface area contributed by atoms with Gasteiger partial charge in [-0.05, 0) is 85.7 Å². The van der Waals surface area contributed by atoms with Gasteiger partial charge < -0.3 is 15.4 Å². The first-order valence-corrected chi connectivity index (χ1v) is 15.8. The van der Waals surface area contributed by atoms with Gasteiger partial charge in [-0.1, -0.05) is 52.7 Å². The molecule has 0 saturated heterocycles. The third-order valence-corrected chi connectivity index (χ3v) is 11.2. The fraction of sp³-hybridized carbons (Fsp3) is 0.719. The summed E-state index contributed by atoms with van der Waals surface area (Å²) in [7, 11) is 3.48. The third kappa shape index (κ3) is 6.97. The van der Waals surface area contributed by atoms with Gasteiger partial charge in [0.15, 0.2) is 0 Å². The fourth-order valence-corrected chi connectivity index (χ4v) is 8.24. The number of nitrogens with one attached hydrogen (secondary N) is 2.